The maximum absolute atomic E-state index is 6.91. The highest BCUT2D eigenvalue weighted by molar-refractivity contribution is 4.48. The third kappa shape index (κ3) is 7.82. The molecule has 0 aliphatic heterocycles. The van der Waals surface area contributed by atoms with Crippen molar-refractivity contribution in [3.05, 3.63) is 0 Å². The number of ether oxygens (including phenoxy) is 2. The summed E-state index contributed by atoms with van der Waals surface area (Å²) in [5.74, 6) is 0. The first-order chi connectivity index (χ1) is 5.81. The molecule has 0 aliphatic rings. The van der Waals surface area contributed by atoms with Crippen LogP contribution in [0.4, 0.5) is 0 Å². The van der Waals surface area contributed by atoms with Crippen molar-refractivity contribution < 1.29 is 10.8 Å². The van der Waals surface area contributed by atoms with Gasteiger partial charge in [0.2, 0.25) is 0 Å². The van der Waals surface area contributed by atoms with Gasteiger partial charge in [-0.15, -0.1) is 0 Å². The Bertz CT molecular complexity index is 78.6. The van der Waals surface area contributed by atoms with Gasteiger partial charge in [-0.25, -0.2) is 0 Å². The van der Waals surface area contributed by atoms with Crippen LogP contribution in [0.2, 0.25) is 0 Å². The lowest BCUT2D eigenvalue weighted by Gasteiger charge is -2.11. The second-order valence-corrected chi connectivity index (χ2v) is 2.52. The average molecular weight is 161 g/mol. The lowest BCUT2D eigenvalue weighted by atomic mass is 10.3. The topological polar surface area (TPSA) is 18.5 Å². The minimum atomic E-state index is 0.267. The van der Waals surface area contributed by atoms with Gasteiger partial charge in [0, 0.05) is 21.2 Å². The van der Waals surface area contributed by atoms with Crippen molar-refractivity contribution in [1.82, 2.24) is 0 Å². The van der Waals surface area contributed by atoms with Gasteiger partial charge >= 0.3 is 0 Å². The molecule has 1 atom stereocenters. The van der Waals surface area contributed by atoms with E-state index >= 15 is 0 Å². The van der Waals surface area contributed by atoms with Crippen molar-refractivity contribution in [3.63, 3.8) is 0 Å². The Morgan fingerprint density at radius 1 is 1.45 bits per heavy atom. The number of hydrogen-bond donors (Lipinski definition) is 0. The third-order valence-corrected chi connectivity index (χ3v) is 1.42. The van der Waals surface area contributed by atoms with Gasteiger partial charge in [0.15, 0.2) is 0 Å². The van der Waals surface area contributed by atoms with Gasteiger partial charge in [-0.05, 0) is 26.7 Å². The molecule has 1 unspecified atom stereocenters. The molecule has 0 rings (SSSR count). The number of rotatable bonds is 7. The van der Waals surface area contributed by atoms with Crippen LogP contribution in [0.25, 0.3) is 0 Å². The van der Waals surface area contributed by atoms with E-state index < -0.39 is 0 Å². The van der Waals surface area contributed by atoms with Crippen LogP contribution in [0.5, 0.6) is 0 Å². The highest BCUT2D eigenvalue weighted by atomic mass is 16.5. The van der Waals surface area contributed by atoms with Crippen LogP contribution >= 0.6 is 0 Å². The molecule has 0 amide bonds. The van der Waals surface area contributed by atoms with E-state index in [4.69, 9.17) is 10.8 Å². The van der Waals surface area contributed by atoms with Gasteiger partial charge < -0.3 is 9.47 Å². The van der Waals surface area contributed by atoms with Gasteiger partial charge in [0.25, 0.3) is 0 Å². The van der Waals surface area contributed by atoms with Crippen LogP contribution in [-0.4, -0.2) is 25.9 Å². The van der Waals surface area contributed by atoms with Crippen molar-refractivity contribution in [2.75, 3.05) is 19.8 Å². The van der Waals surface area contributed by atoms with E-state index in [-0.39, 0.29) is 6.10 Å². The normalized spacial score (nSPS) is 14.5. The summed E-state index contributed by atoms with van der Waals surface area (Å²) in [7, 11) is 0. The molecule has 0 aromatic heterocycles. The molecule has 0 aromatic rings. The summed E-state index contributed by atoms with van der Waals surface area (Å²) >= 11 is 0. The minimum absolute atomic E-state index is 0.267. The molecule has 0 saturated heterocycles. The average Bonchev–Trinajstić information content (AvgIpc) is 2.06. The Hall–Kier alpha value is -0.0800. The van der Waals surface area contributed by atoms with Crippen LogP contribution in [0.3, 0.4) is 0 Å². The van der Waals surface area contributed by atoms with Gasteiger partial charge in [0.05, 0.1) is 6.10 Å². The zero-order valence-corrected chi connectivity index (χ0v) is 7.64. The fourth-order valence-corrected chi connectivity index (χ4v) is 0.761. The summed E-state index contributed by atoms with van der Waals surface area (Å²) in [5, 5.41) is 0. The predicted molar refractivity (Wildman–Crippen MR) is 46.8 cm³/mol. The highest BCUT2D eigenvalue weighted by Crippen LogP contribution is 1.98. The zero-order valence-electron chi connectivity index (χ0n) is 8.64. The van der Waals surface area contributed by atoms with E-state index in [1.807, 2.05) is 13.8 Å². The molecule has 0 aromatic carbocycles. The smallest absolute Gasteiger partial charge is 0.0568 e. The van der Waals surface area contributed by atoms with Crippen molar-refractivity contribution in [1.29, 1.82) is 0 Å². The zero-order chi connectivity index (χ0) is 9.23. The summed E-state index contributed by atoms with van der Waals surface area (Å²) in [6.07, 6.45) is 2.05. The summed E-state index contributed by atoms with van der Waals surface area (Å²) in [5.41, 5.74) is 0. The van der Waals surface area contributed by atoms with Gasteiger partial charge in [-0.1, -0.05) is 6.90 Å². The van der Waals surface area contributed by atoms with Crippen molar-refractivity contribution in [3.8, 4) is 0 Å². The Morgan fingerprint density at radius 2 is 2.27 bits per heavy atom. The monoisotopic (exact) mass is 161 g/mol. The van der Waals surface area contributed by atoms with Crippen LogP contribution in [0.1, 0.15) is 35.0 Å². The molecular formula is C9H20O2. The van der Waals surface area contributed by atoms with E-state index in [0.29, 0.717) is 13.5 Å². The molecule has 2 heteroatoms. The molecular weight excluding hydrogens is 140 g/mol. The molecule has 0 N–H and O–H groups in total. The summed E-state index contributed by atoms with van der Waals surface area (Å²) in [6, 6.07) is 0. The SMILES string of the molecule is [2H]CCCOC(C)CCOCC. The van der Waals surface area contributed by atoms with Crippen molar-refractivity contribution in [2.45, 2.75) is 39.7 Å². The minimum Gasteiger partial charge on any atom is -0.382 e. The lowest BCUT2D eigenvalue weighted by molar-refractivity contribution is 0.0342. The molecule has 0 fully saturated rings. The Kier molecular flexibility index (Phi) is 6.57. The van der Waals surface area contributed by atoms with Crippen LogP contribution in [-0.2, 0) is 9.47 Å². The summed E-state index contributed by atoms with van der Waals surface area (Å²) < 4.78 is 17.5. The molecule has 11 heavy (non-hydrogen) atoms. The van der Waals surface area contributed by atoms with Crippen LogP contribution in [0.15, 0.2) is 0 Å². The largest absolute Gasteiger partial charge is 0.382 e. The molecule has 68 valence electrons. The van der Waals surface area contributed by atoms with Gasteiger partial charge in [-0.3, -0.25) is 0 Å². The van der Waals surface area contributed by atoms with Crippen LogP contribution < -0.4 is 0 Å². The van der Waals surface area contributed by atoms with Crippen molar-refractivity contribution in [2.24, 2.45) is 0 Å². The second kappa shape index (κ2) is 8.02. The standard InChI is InChI=1S/C9H20O2/c1-4-7-11-9(3)6-8-10-5-2/h9H,4-8H2,1-3H3/i1D. The van der Waals surface area contributed by atoms with E-state index in [1.54, 1.807) is 0 Å². The maximum Gasteiger partial charge on any atom is 0.0568 e. The third-order valence-electron chi connectivity index (χ3n) is 1.42. The van der Waals surface area contributed by atoms with Crippen molar-refractivity contribution >= 4 is 0 Å². The molecule has 0 heterocycles. The molecule has 0 spiro atoms. The first-order valence-electron chi connectivity index (χ1n) is 5.00. The maximum atomic E-state index is 6.91. The molecule has 0 bridgehead atoms. The lowest BCUT2D eigenvalue weighted by Crippen LogP contribution is -2.12. The van der Waals surface area contributed by atoms with Gasteiger partial charge in [0.1, 0.15) is 0 Å². The second-order valence-electron chi connectivity index (χ2n) is 2.52. The van der Waals surface area contributed by atoms with E-state index in [1.165, 1.54) is 0 Å². The van der Waals surface area contributed by atoms with E-state index in [0.717, 1.165) is 26.1 Å². The van der Waals surface area contributed by atoms with Crippen LogP contribution in [0, 0.1) is 0 Å². The molecule has 0 radical (unpaired) electrons. The Morgan fingerprint density at radius 3 is 2.91 bits per heavy atom. The van der Waals surface area contributed by atoms with E-state index in [2.05, 4.69) is 0 Å². The summed E-state index contributed by atoms with van der Waals surface area (Å²) in [4.78, 5) is 0. The fourth-order valence-electron chi connectivity index (χ4n) is 0.761. The first kappa shape index (κ1) is 9.01. The van der Waals surface area contributed by atoms with Gasteiger partial charge in [-0.2, -0.15) is 0 Å². The molecule has 0 saturated carbocycles. The Labute approximate surface area is 71.3 Å². The van der Waals surface area contributed by atoms with E-state index in [9.17, 15) is 0 Å². The predicted octanol–water partition coefficient (Wildman–Crippen LogP) is 2.23. The molecule has 0 aliphatic carbocycles. The fraction of sp³-hybridized carbons (Fsp3) is 1.00. The molecule has 2 nitrogen and oxygen atoms in total. The first-order valence-corrected chi connectivity index (χ1v) is 4.29. The summed E-state index contributed by atoms with van der Waals surface area (Å²) in [6.45, 7) is 6.75. The Balaban J connectivity index is 3.04. The number of hydrogen-bond acceptors (Lipinski definition) is 2. The quantitative estimate of drug-likeness (QED) is 0.533. The highest BCUT2D eigenvalue weighted by Gasteiger charge is 1.99.